The maximum absolute atomic E-state index is 12.3. The van der Waals surface area contributed by atoms with Gasteiger partial charge in [-0.05, 0) is 35.0 Å². The molecule has 1 N–H and O–H groups in total. The van der Waals surface area contributed by atoms with E-state index in [9.17, 15) is 4.79 Å². The monoisotopic (exact) mass is 407 g/mol. The molecule has 3 aromatic rings. The van der Waals surface area contributed by atoms with Gasteiger partial charge in [-0.3, -0.25) is 9.78 Å². The largest absolute Gasteiger partial charge is 0.342 e. The van der Waals surface area contributed by atoms with Gasteiger partial charge in [0.15, 0.2) is 5.82 Å². The highest BCUT2D eigenvalue weighted by atomic mass is 79.9. The number of aromatic nitrogens is 6. The topological polar surface area (TPSA) is 98.5 Å². The molecular formula is C14H14BrN7OS. The number of rotatable bonds is 4. The highest BCUT2D eigenvalue weighted by Crippen LogP contribution is 2.14. The molecular weight excluding hydrogens is 394 g/mol. The molecule has 3 aromatic heterocycles. The van der Waals surface area contributed by atoms with Crippen LogP contribution in [0.5, 0.6) is 0 Å². The first-order valence-electron chi connectivity index (χ1n) is 6.74. The molecule has 3 heterocycles. The van der Waals surface area contributed by atoms with Crippen molar-refractivity contribution < 1.29 is 4.79 Å². The summed E-state index contributed by atoms with van der Waals surface area (Å²) in [7, 11) is 0. The smallest absolute Gasteiger partial charge is 0.253 e. The van der Waals surface area contributed by atoms with E-state index in [1.54, 1.807) is 30.7 Å². The summed E-state index contributed by atoms with van der Waals surface area (Å²) in [6.07, 6.45) is 7.74. The van der Waals surface area contributed by atoms with Gasteiger partial charge in [0.1, 0.15) is 6.33 Å². The van der Waals surface area contributed by atoms with Crippen LogP contribution in [0.3, 0.4) is 0 Å². The Balaban J connectivity index is 0.00000208. The Morgan fingerprint density at radius 1 is 1.25 bits per heavy atom. The van der Waals surface area contributed by atoms with E-state index < -0.39 is 0 Å². The van der Waals surface area contributed by atoms with Crippen LogP contribution in [-0.2, 0) is 0 Å². The van der Waals surface area contributed by atoms with E-state index >= 15 is 0 Å². The number of pyridine rings is 1. The van der Waals surface area contributed by atoms with Crippen LogP contribution in [0.2, 0.25) is 0 Å². The second-order valence-electron chi connectivity index (χ2n) is 4.67. The Bertz CT molecular complexity index is 827. The number of carbonyl (C=O) groups excluding carboxylic acids is 1. The van der Waals surface area contributed by atoms with Crippen molar-refractivity contribution in [3.8, 4) is 5.95 Å². The third-order valence-corrected chi connectivity index (χ3v) is 3.45. The van der Waals surface area contributed by atoms with Gasteiger partial charge in [-0.1, -0.05) is 0 Å². The maximum Gasteiger partial charge on any atom is 0.253 e. The molecule has 0 aliphatic carbocycles. The SMILES string of the molecule is C[C@H](NC(=O)c1cncc(Br)c1)c1ncnn1-c1ncccn1.S. The fourth-order valence-electron chi connectivity index (χ4n) is 1.98. The number of nitrogens with zero attached hydrogens (tertiary/aromatic N) is 6. The number of amides is 1. The molecule has 0 aliphatic heterocycles. The third-order valence-electron chi connectivity index (χ3n) is 3.02. The molecule has 3 rings (SSSR count). The van der Waals surface area contributed by atoms with Gasteiger partial charge in [0, 0.05) is 29.3 Å². The summed E-state index contributed by atoms with van der Waals surface area (Å²) in [5.41, 5.74) is 0.452. The molecule has 0 bridgehead atoms. The van der Waals surface area contributed by atoms with Crippen LogP contribution in [0, 0.1) is 0 Å². The molecule has 10 heteroatoms. The van der Waals surface area contributed by atoms with Crippen LogP contribution >= 0.6 is 29.4 Å². The van der Waals surface area contributed by atoms with Gasteiger partial charge in [-0.25, -0.2) is 15.0 Å². The Kier molecular flexibility index (Phi) is 5.99. The lowest BCUT2D eigenvalue weighted by Gasteiger charge is -2.13. The normalized spacial score (nSPS) is 11.4. The second kappa shape index (κ2) is 7.97. The third kappa shape index (κ3) is 3.95. The van der Waals surface area contributed by atoms with Gasteiger partial charge in [-0.15, -0.1) is 0 Å². The zero-order chi connectivity index (χ0) is 16.2. The Morgan fingerprint density at radius 2 is 2.00 bits per heavy atom. The van der Waals surface area contributed by atoms with Gasteiger partial charge < -0.3 is 5.32 Å². The summed E-state index contributed by atoms with van der Waals surface area (Å²) in [6, 6.07) is 3.03. The Morgan fingerprint density at radius 3 is 2.71 bits per heavy atom. The molecule has 0 spiro atoms. The average Bonchev–Trinajstić information content (AvgIpc) is 3.05. The highest BCUT2D eigenvalue weighted by Gasteiger charge is 2.18. The molecule has 0 unspecified atom stereocenters. The quantitative estimate of drug-likeness (QED) is 0.707. The average molecular weight is 408 g/mol. The van der Waals surface area contributed by atoms with E-state index in [1.165, 1.54) is 17.2 Å². The molecule has 8 nitrogen and oxygen atoms in total. The van der Waals surface area contributed by atoms with Crippen molar-refractivity contribution in [2.45, 2.75) is 13.0 Å². The van der Waals surface area contributed by atoms with E-state index in [4.69, 9.17) is 0 Å². The second-order valence-corrected chi connectivity index (χ2v) is 5.58. The van der Waals surface area contributed by atoms with Crippen molar-refractivity contribution in [1.29, 1.82) is 0 Å². The van der Waals surface area contributed by atoms with Crippen LogP contribution in [-0.4, -0.2) is 35.6 Å². The van der Waals surface area contributed by atoms with Gasteiger partial charge in [0.2, 0.25) is 0 Å². The summed E-state index contributed by atoms with van der Waals surface area (Å²) in [6.45, 7) is 1.81. The maximum atomic E-state index is 12.3. The number of carbonyl (C=O) groups is 1. The van der Waals surface area contributed by atoms with Crippen LogP contribution in [0.4, 0.5) is 0 Å². The fraction of sp³-hybridized carbons (Fsp3) is 0.143. The predicted octanol–water partition coefficient (Wildman–Crippen LogP) is 1.82. The van der Waals surface area contributed by atoms with Crippen molar-refractivity contribution in [1.82, 2.24) is 35.0 Å². The first kappa shape index (κ1) is 18.0. The van der Waals surface area contributed by atoms with Crippen molar-refractivity contribution in [2.75, 3.05) is 0 Å². The summed E-state index contributed by atoms with van der Waals surface area (Å²) < 4.78 is 2.23. The number of hydrogen-bond donors (Lipinski definition) is 1. The standard InChI is InChI=1S/C14H12BrN7O.H2S/c1-9(21-13(23)10-5-11(15)7-16-6-10)12-19-8-20-22(12)14-17-3-2-4-18-14;/h2-9H,1H3,(H,21,23);1H2/t9-;/m0./s1. The molecule has 0 aromatic carbocycles. The lowest BCUT2D eigenvalue weighted by molar-refractivity contribution is 0.0937. The lowest BCUT2D eigenvalue weighted by Crippen LogP contribution is -2.29. The molecule has 0 saturated heterocycles. The molecule has 1 amide bonds. The van der Waals surface area contributed by atoms with Crippen LogP contribution < -0.4 is 5.32 Å². The summed E-state index contributed by atoms with van der Waals surface area (Å²) in [5, 5.41) is 6.97. The van der Waals surface area contributed by atoms with Crippen LogP contribution in [0.1, 0.15) is 29.1 Å². The molecule has 1 atom stereocenters. The number of hydrogen-bond acceptors (Lipinski definition) is 6. The predicted molar refractivity (Wildman–Crippen MR) is 95.1 cm³/mol. The highest BCUT2D eigenvalue weighted by molar-refractivity contribution is 9.10. The summed E-state index contributed by atoms with van der Waals surface area (Å²) >= 11 is 3.29. The van der Waals surface area contributed by atoms with E-state index in [0.29, 0.717) is 17.3 Å². The van der Waals surface area contributed by atoms with Gasteiger partial charge in [0.05, 0.1) is 11.6 Å². The first-order chi connectivity index (χ1) is 11.1. The van der Waals surface area contributed by atoms with Crippen LogP contribution in [0.25, 0.3) is 5.95 Å². The van der Waals surface area contributed by atoms with Gasteiger partial charge >= 0.3 is 0 Å². The number of nitrogens with one attached hydrogen (secondary N) is 1. The lowest BCUT2D eigenvalue weighted by atomic mass is 10.2. The minimum atomic E-state index is -0.382. The molecule has 24 heavy (non-hydrogen) atoms. The first-order valence-corrected chi connectivity index (χ1v) is 7.53. The van der Waals surface area contributed by atoms with Crippen molar-refractivity contribution in [3.63, 3.8) is 0 Å². The zero-order valence-electron chi connectivity index (χ0n) is 12.6. The van der Waals surface area contributed by atoms with Crippen molar-refractivity contribution in [2.24, 2.45) is 0 Å². The van der Waals surface area contributed by atoms with E-state index in [1.807, 2.05) is 6.92 Å². The minimum absolute atomic E-state index is 0. The van der Waals surface area contributed by atoms with E-state index in [-0.39, 0.29) is 25.4 Å². The van der Waals surface area contributed by atoms with E-state index in [0.717, 1.165) is 4.47 Å². The zero-order valence-corrected chi connectivity index (χ0v) is 15.2. The molecule has 0 saturated carbocycles. The molecule has 124 valence electrons. The molecule has 0 radical (unpaired) electrons. The molecule has 0 fully saturated rings. The number of halogens is 1. The Hall–Kier alpha value is -2.33. The van der Waals surface area contributed by atoms with Gasteiger partial charge in [0.25, 0.3) is 11.9 Å². The van der Waals surface area contributed by atoms with Crippen LogP contribution in [0.15, 0.2) is 47.7 Å². The summed E-state index contributed by atoms with van der Waals surface area (Å²) in [5.74, 6) is 0.674. The van der Waals surface area contributed by atoms with E-state index in [2.05, 4.69) is 46.3 Å². The summed E-state index contributed by atoms with van der Waals surface area (Å²) in [4.78, 5) is 28.7. The van der Waals surface area contributed by atoms with Crippen molar-refractivity contribution >= 4 is 35.3 Å². The Labute approximate surface area is 153 Å². The van der Waals surface area contributed by atoms with Gasteiger partial charge in [-0.2, -0.15) is 23.3 Å². The fourth-order valence-corrected chi connectivity index (χ4v) is 2.35. The molecule has 0 aliphatic rings. The van der Waals surface area contributed by atoms with Crippen molar-refractivity contribution in [3.05, 3.63) is 59.1 Å². The minimum Gasteiger partial charge on any atom is -0.342 e.